The van der Waals surface area contributed by atoms with Crippen LogP contribution in [-0.4, -0.2) is 9.97 Å². The van der Waals surface area contributed by atoms with Gasteiger partial charge >= 0.3 is 0 Å². The zero-order valence-electron chi connectivity index (χ0n) is 10.9. The fourth-order valence-corrected chi connectivity index (χ4v) is 2.60. The van der Waals surface area contributed by atoms with Gasteiger partial charge in [0, 0.05) is 17.1 Å². The molecule has 3 rings (SSSR count). The Morgan fingerprint density at radius 2 is 1.90 bits per heavy atom. The van der Waals surface area contributed by atoms with Gasteiger partial charge in [-0.15, -0.1) is 0 Å². The normalized spacial score (nSPS) is 10.5. The number of nitrogens with two attached hydrogens (primary N) is 1. The lowest BCUT2D eigenvalue weighted by Crippen LogP contribution is -2.09. The Bertz CT molecular complexity index is 830. The number of pyridine rings is 1. The van der Waals surface area contributed by atoms with Crippen LogP contribution in [0, 0.1) is 0 Å². The minimum atomic E-state index is 0.356. The molecule has 5 heteroatoms. The molecule has 0 saturated heterocycles. The molecule has 0 fully saturated rings. The van der Waals surface area contributed by atoms with E-state index in [0.717, 1.165) is 20.9 Å². The van der Waals surface area contributed by atoms with Gasteiger partial charge in [0.1, 0.15) is 16.3 Å². The fraction of sp³-hybridized carbons (Fsp3) is 0. The third kappa shape index (κ3) is 2.89. The van der Waals surface area contributed by atoms with Crippen molar-refractivity contribution in [2.75, 3.05) is 0 Å². The van der Waals surface area contributed by atoms with Crippen molar-refractivity contribution >= 4 is 44.0 Å². The maximum atomic E-state index is 5.96. The van der Waals surface area contributed by atoms with Crippen LogP contribution in [0.2, 0.25) is 0 Å². The molecule has 0 radical (unpaired) electrons. The summed E-state index contributed by atoms with van der Waals surface area (Å²) in [5, 5.41) is 1.03. The lowest BCUT2D eigenvalue weighted by Gasteiger charge is -2.10. The first-order valence-corrected chi connectivity index (χ1v) is 7.46. The molecule has 21 heavy (non-hydrogen) atoms. The molecule has 2 N–H and O–H groups in total. The van der Waals surface area contributed by atoms with Crippen LogP contribution in [0.15, 0.2) is 59.2 Å². The Kier molecular flexibility index (Phi) is 3.86. The molecule has 0 unspecified atom stereocenters. The Hall–Kier alpha value is -1.98. The van der Waals surface area contributed by atoms with Crippen molar-refractivity contribution in [3.8, 4) is 11.5 Å². The zero-order valence-corrected chi connectivity index (χ0v) is 13.3. The van der Waals surface area contributed by atoms with Gasteiger partial charge in [-0.1, -0.05) is 30.4 Å². The topological polar surface area (TPSA) is 48.1 Å². The largest absolute Gasteiger partial charge is 0.454 e. The molecule has 2 aromatic carbocycles. The number of benzene rings is 2. The zero-order chi connectivity index (χ0) is 14.8. The van der Waals surface area contributed by atoms with Crippen molar-refractivity contribution in [2.24, 2.45) is 5.73 Å². The Morgan fingerprint density at radius 1 is 1.10 bits per heavy atom. The molecule has 0 saturated carbocycles. The van der Waals surface area contributed by atoms with Crippen LogP contribution in [0.25, 0.3) is 10.9 Å². The van der Waals surface area contributed by atoms with Crippen molar-refractivity contribution < 1.29 is 4.74 Å². The van der Waals surface area contributed by atoms with E-state index in [2.05, 4.69) is 20.9 Å². The van der Waals surface area contributed by atoms with E-state index < -0.39 is 0 Å². The van der Waals surface area contributed by atoms with Crippen LogP contribution in [0.3, 0.4) is 0 Å². The fourth-order valence-electron chi connectivity index (χ4n) is 2.01. The molecular weight excluding hydrogens is 348 g/mol. The SMILES string of the molecule is NC(=S)c1ccc(Oc2cccc3cccnc23)c(Br)c1. The van der Waals surface area contributed by atoms with Crippen molar-refractivity contribution in [2.45, 2.75) is 0 Å². The lowest BCUT2D eigenvalue weighted by molar-refractivity contribution is 0.484. The summed E-state index contributed by atoms with van der Waals surface area (Å²) >= 11 is 8.44. The second kappa shape index (κ2) is 5.79. The first kappa shape index (κ1) is 14.0. The minimum absolute atomic E-state index is 0.356. The van der Waals surface area contributed by atoms with Crippen molar-refractivity contribution in [3.05, 3.63) is 64.8 Å². The maximum Gasteiger partial charge on any atom is 0.153 e. The van der Waals surface area contributed by atoms with E-state index in [1.165, 1.54) is 0 Å². The number of aromatic nitrogens is 1. The molecule has 0 atom stereocenters. The van der Waals surface area contributed by atoms with Gasteiger partial charge in [-0.25, -0.2) is 0 Å². The molecule has 1 aromatic heterocycles. The van der Waals surface area contributed by atoms with Gasteiger partial charge in [-0.05, 0) is 46.3 Å². The predicted molar refractivity (Wildman–Crippen MR) is 91.8 cm³/mol. The molecule has 1 heterocycles. The number of hydrogen-bond acceptors (Lipinski definition) is 3. The number of ether oxygens (including phenoxy) is 1. The average Bonchev–Trinajstić information content (AvgIpc) is 2.49. The Morgan fingerprint density at radius 3 is 2.67 bits per heavy atom. The molecule has 3 nitrogen and oxygen atoms in total. The number of nitrogens with zero attached hydrogens (tertiary/aromatic N) is 1. The number of halogens is 1. The third-order valence-electron chi connectivity index (χ3n) is 3.03. The number of rotatable bonds is 3. The van der Waals surface area contributed by atoms with Gasteiger partial charge in [-0.3, -0.25) is 4.98 Å². The van der Waals surface area contributed by atoms with Crippen LogP contribution in [0.1, 0.15) is 5.56 Å². The Labute approximate surface area is 135 Å². The standard InChI is InChI=1S/C16H11BrN2OS/c17-12-9-11(16(18)21)6-7-13(12)20-14-5-1-3-10-4-2-8-19-15(10)14/h1-9H,(H2,18,21). The molecule has 0 aliphatic heterocycles. The van der Waals surface area contributed by atoms with E-state index in [-0.39, 0.29) is 0 Å². The minimum Gasteiger partial charge on any atom is -0.454 e. The summed E-state index contributed by atoms with van der Waals surface area (Å²) < 4.78 is 6.76. The van der Waals surface area contributed by atoms with Crippen molar-refractivity contribution in [1.82, 2.24) is 4.98 Å². The van der Waals surface area contributed by atoms with E-state index in [9.17, 15) is 0 Å². The first-order chi connectivity index (χ1) is 10.1. The highest BCUT2D eigenvalue weighted by Gasteiger charge is 2.08. The van der Waals surface area contributed by atoms with Gasteiger partial charge < -0.3 is 10.5 Å². The van der Waals surface area contributed by atoms with Crippen LogP contribution in [0.5, 0.6) is 11.5 Å². The van der Waals surface area contributed by atoms with Gasteiger partial charge in [0.25, 0.3) is 0 Å². The maximum absolute atomic E-state index is 5.96. The number of para-hydroxylation sites is 1. The summed E-state index contributed by atoms with van der Waals surface area (Å²) in [5.41, 5.74) is 7.24. The van der Waals surface area contributed by atoms with Crippen molar-refractivity contribution in [1.29, 1.82) is 0 Å². The summed E-state index contributed by atoms with van der Waals surface area (Å²) in [7, 11) is 0. The highest BCUT2D eigenvalue weighted by atomic mass is 79.9. The molecule has 0 aliphatic carbocycles. The second-order valence-corrected chi connectivity index (χ2v) is 5.74. The van der Waals surface area contributed by atoms with E-state index in [4.69, 9.17) is 22.7 Å². The molecule has 3 aromatic rings. The quantitative estimate of drug-likeness (QED) is 0.703. The molecule has 104 valence electrons. The van der Waals surface area contributed by atoms with Gasteiger partial charge in [0.05, 0.1) is 4.47 Å². The number of thiocarbonyl (C=S) groups is 1. The second-order valence-electron chi connectivity index (χ2n) is 4.44. The molecule has 0 bridgehead atoms. The van der Waals surface area contributed by atoms with E-state index in [0.29, 0.717) is 16.5 Å². The van der Waals surface area contributed by atoms with Crippen LogP contribution >= 0.6 is 28.1 Å². The van der Waals surface area contributed by atoms with E-state index in [1.54, 1.807) is 6.20 Å². The smallest absolute Gasteiger partial charge is 0.153 e. The summed E-state index contributed by atoms with van der Waals surface area (Å²) in [6, 6.07) is 15.2. The van der Waals surface area contributed by atoms with Crippen LogP contribution in [-0.2, 0) is 0 Å². The van der Waals surface area contributed by atoms with E-state index in [1.807, 2.05) is 48.5 Å². The summed E-state index contributed by atoms with van der Waals surface area (Å²) in [6.45, 7) is 0. The number of hydrogen-bond donors (Lipinski definition) is 1. The predicted octanol–water partition coefficient (Wildman–Crippen LogP) is 4.42. The molecule has 0 aliphatic rings. The van der Waals surface area contributed by atoms with Crippen LogP contribution < -0.4 is 10.5 Å². The van der Waals surface area contributed by atoms with Gasteiger partial charge in [-0.2, -0.15) is 0 Å². The summed E-state index contributed by atoms with van der Waals surface area (Å²) in [4.78, 5) is 4.73. The molecule has 0 spiro atoms. The van der Waals surface area contributed by atoms with Crippen molar-refractivity contribution in [3.63, 3.8) is 0 Å². The van der Waals surface area contributed by atoms with E-state index >= 15 is 0 Å². The summed E-state index contributed by atoms with van der Waals surface area (Å²) in [5.74, 6) is 1.39. The van der Waals surface area contributed by atoms with Gasteiger partial charge in [0.15, 0.2) is 5.75 Å². The summed E-state index contributed by atoms with van der Waals surface area (Å²) in [6.07, 6.45) is 1.75. The lowest BCUT2D eigenvalue weighted by atomic mass is 10.2. The van der Waals surface area contributed by atoms with Crippen LogP contribution in [0.4, 0.5) is 0 Å². The monoisotopic (exact) mass is 358 g/mol. The number of fused-ring (bicyclic) bond motifs is 1. The average molecular weight is 359 g/mol. The van der Waals surface area contributed by atoms with Gasteiger partial charge in [0.2, 0.25) is 0 Å². The Balaban J connectivity index is 2.01. The molecular formula is C16H11BrN2OS. The highest BCUT2D eigenvalue weighted by molar-refractivity contribution is 9.10. The molecule has 0 amide bonds. The third-order valence-corrected chi connectivity index (χ3v) is 3.89. The highest BCUT2D eigenvalue weighted by Crippen LogP contribution is 2.33. The first-order valence-electron chi connectivity index (χ1n) is 6.26.